The van der Waals surface area contributed by atoms with Crippen LogP contribution in [0.3, 0.4) is 0 Å². The SMILES string of the molecule is O=C(NC(COCc1ccccc1)C(=O)Nc1ccc(Oc2ccccc2)cc1)c1ccsc1. The van der Waals surface area contributed by atoms with Gasteiger partial charge < -0.3 is 20.1 Å². The average molecular weight is 473 g/mol. The highest BCUT2D eigenvalue weighted by molar-refractivity contribution is 7.08. The molecule has 4 aromatic rings. The summed E-state index contributed by atoms with van der Waals surface area (Å²) in [6.07, 6.45) is 0. The maximum absolute atomic E-state index is 13.0. The first-order valence-corrected chi connectivity index (χ1v) is 11.7. The Bertz CT molecular complexity index is 1180. The van der Waals surface area contributed by atoms with Crippen LogP contribution in [0.2, 0.25) is 0 Å². The van der Waals surface area contributed by atoms with E-state index in [9.17, 15) is 9.59 Å². The Morgan fingerprint density at radius 1 is 0.824 bits per heavy atom. The zero-order valence-corrected chi connectivity index (χ0v) is 19.2. The van der Waals surface area contributed by atoms with Crippen LogP contribution >= 0.6 is 11.3 Å². The summed E-state index contributed by atoms with van der Waals surface area (Å²) in [4.78, 5) is 25.6. The molecule has 0 bridgehead atoms. The molecule has 0 saturated heterocycles. The topological polar surface area (TPSA) is 76.7 Å². The molecule has 0 saturated carbocycles. The molecular formula is C27H24N2O4S. The van der Waals surface area contributed by atoms with Gasteiger partial charge in [-0.25, -0.2) is 0 Å². The van der Waals surface area contributed by atoms with E-state index in [0.717, 1.165) is 11.3 Å². The lowest BCUT2D eigenvalue weighted by Crippen LogP contribution is -2.46. The molecule has 34 heavy (non-hydrogen) atoms. The summed E-state index contributed by atoms with van der Waals surface area (Å²) in [6, 6.07) is 27.0. The van der Waals surface area contributed by atoms with Crippen molar-refractivity contribution in [3.8, 4) is 11.5 Å². The second-order valence-corrected chi connectivity index (χ2v) is 8.25. The van der Waals surface area contributed by atoms with Crippen LogP contribution in [0.4, 0.5) is 5.69 Å². The number of benzene rings is 3. The Labute approximate surface area is 202 Å². The number of carbonyl (C=O) groups is 2. The summed E-state index contributed by atoms with van der Waals surface area (Å²) in [5.74, 6) is 0.688. The highest BCUT2D eigenvalue weighted by Gasteiger charge is 2.22. The molecule has 4 rings (SSSR count). The molecule has 172 valence electrons. The largest absolute Gasteiger partial charge is 0.457 e. The smallest absolute Gasteiger partial charge is 0.252 e. The molecule has 0 aliphatic heterocycles. The van der Waals surface area contributed by atoms with Gasteiger partial charge in [-0.3, -0.25) is 9.59 Å². The van der Waals surface area contributed by atoms with Crippen molar-refractivity contribution in [3.63, 3.8) is 0 Å². The number of thiophene rings is 1. The third-order valence-electron chi connectivity index (χ3n) is 4.90. The maximum atomic E-state index is 13.0. The molecule has 7 heteroatoms. The molecule has 0 aliphatic rings. The van der Waals surface area contributed by atoms with Gasteiger partial charge in [-0.2, -0.15) is 11.3 Å². The Kier molecular flexibility index (Phi) is 8.05. The molecule has 2 N–H and O–H groups in total. The minimum absolute atomic E-state index is 0.0335. The van der Waals surface area contributed by atoms with Gasteiger partial charge in [0.05, 0.1) is 18.8 Å². The minimum Gasteiger partial charge on any atom is -0.457 e. The Morgan fingerprint density at radius 2 is 1.50 bits per heavy atom. The van der Waals surface area contributed by atoms with Gasteiger partial charge in [0.1, 0.15) is 17.5 Å². The summed E-state index contributed by atoms with van der Waals surface area (Å²) in [5.41, 5.74) is 2.08. The van der Waals surface area contributed by atoms with E-state index >= 15 is 0 Å². The molecular weight excluding hydrogens is 448 g/mol. The summed E-state index contributed by atoms with van der Waals surface area (Å²) in [5, 5.41) is 9.17. The van der Waals surface area contributed by atoms with Crippen LogP contribution < -0.4 is 15.4 Å². The molecule has 0 radical (unpaired) electrons. The van der Waals surface area contributed by atoms with Gasteiger partial charge >= 0.3 is 0 Å². The van der Waals surface area contributed by atoms with Crippen LogP contribution in [0.1, 0.15) is 15.9 Å². The third kappa shape index (κ3) is 6.78. The lowest BCUT2D eigenvalue weighted by molar-refractivity contribution is -0.119. The first-order chi connectivity index (χ1) is 16.7. The number of hydrogen-bond donors (Lipinski definition) is 2. The fourth-order valence-corrected chi connectivity index (χ4v) is 3.78. The van der Waals surface area contributed by atoms with Crippen LogP contribution in [-0.4, -0.2) is 24.5 Å². The molecule has 1 atom stereocenters. The number of ether oxygens (including phenoxy) is 2. The predicted octanol–water partition coefficient (Wildman–Crippen LogP) is 5.49. The van der Waals surface area contributed by atoms with Crippen LogP contribution in [0.25, 0.3) is 0 Å². The van der Waals surface area contributed by atoms with Crippen LogP contribution in [0, 0.1) is 0 Å². The van der Waals surface area contributed by atoms with E-state index in [0.29, 0.717) is 23.6 Å². The summed E-state index contributed by atoms with van der Waals surface area (Å²) < 4.78 is 11.5. The van der Waals surface area contributed by atoms with E-state index in [2.05, 4.69) is 10.6 Å². The normalized spacial score (nSPS) is 11.4. The standard InChI is InChI=1S/C27H24N2O4S/c30-26(21-15-16-34-19-21)29-25(18-32-17-20-7-3-1-4-8-20)27(31)28-22-11-13-24(14-12-22)33-23-9-5-2-6-10-23/h1-16,19,25H,17-18H2,(H,28,31)(H,29,30). The van der Waals surface area contributed by atoms with Gasteiger partial charge in [-0.05, 0) is 53.4 Å². The van der Waals surface area contributed by atoms with Crippen molar-refractivity contribution >= 4 is 28.8 Å². The van der Waals surface area contributed by atoms with Gasteiger partial charge in [-0.15, -0.1) is 0 Å². The van der Waals surface area contributed by atoms with E-state index in [1.165, 1.54) is 11.3 Å². The quantitative estimate of drug-likeness (QED) is 0.320. The highest BCUT2D eigenvalue weighted by Crippen LogP contribution is 2.22. The molecule has 0 aliphatic carbocycles. The highest BCUT2D eigenvalue weighted by atomic mass is 32.1. The van der Waals surface area contributed by atoms with Crippen molar-refractivity contribution in [2.75, 3.05) is 11.9 Å². The summed E-state index contributed by atoms with van der Waals surface area (Å²) >= 11 is 1.42. The molecule has 0 fully saturated rings. The molecule has 1 unspecified atom stereocenters. The molecule has 1 heterocycles. The molecule has 3 aromatic carbocycles. The number of carbonyl (C=O) groups excluding carboxylic acids is 2. The second kappa shape index (κ2) is 11.8. The third-order valence-corrected chi connectivity index (χ3v) is 5.59. The monoisotopic (exact) mass is 472 g/mol. The second-order valence-electron chi connectivity index (χ2n) is 7.47. The lowest BCUT2D eigenvalue weighted by Gasteiger charge is -2.19. The fraction of sp³-hybridized carbons (Fsp3) is 0.111. The maximum Gasteiger partial charge on any atom is 0.252 e. The van der Waals surface area contributed by atoms with Gasteiger partial charge in [0, 0.05) is 11.1 Å². The summed E-state index contributed by atoms with van der Waals surface area (Å²) in [6.45, 7) is 0.371. The van der Waals surface area contributed by atoms with E-state index in [-0.39, 0.29) is 18.4 Å². The van der Waals surface area contributed by atoms with Crippen LogP contribution in [0.15, 0.2) is 102 Å². The molecule has 6 nitrogen and oxygen atoms in total. The van der Waals surface area contributed by atoms with Crippen LogP contribution in [-0.2, 0) is 16.1 Å². The van der Waals surface area contributed by atoms with E-state index < -0.39 is 6.04 Å². The Balaban J connectivity index is 1.38. The number of amides is 2. The predicted molar refractivity (Wildman–Crippen MR) is 133 cm³/mol. The zero-order chi connectivity index (χ0) is 23.6. The van der Waals surface area contributed by atoms with Crippen molar-refractivity contribution in [1.82, 2.24) is 5.32 Å². The lowest BCUT2D eigenvalue weighted by atomic mass is 10.2. The van der Waals surface area contributed by atoms with E-state index in [1.807, 2.05) is 66.0 Å². The van der Waals surface area contributed by atoms with Gasteiger partial charge in [0.15, 0.2) is 0 Å². The fourth-order valence-electron chi connectivity index (χ4n) is 3.15. The number of anilines is 1. The summed E-state index contributed by atoms with van der Waals surface area (Å²) in [7, 11) is 0. The molecule has 0 spiro atoms. The Morgan fingerprint density at radius 3 is 2.18 bits per heavy atom. The zero-order valence-electron chi connectivity index (χ0n) is 18.3. The number of nitrogens with one attached hydrogen (secondary N) is 2. The van der Waals surface area contributed by atoms with Gasteiger partial charge in [0.2, 0.25) is 5.91 Å². The van der Waals surface area contributed by atoms with Crippen LogP contribution in [0.5, 0.6) is 11.5 Å². The van der Waals surface area contributed by atoms with Crippen molar-refractivity contribution in [2.45, 2.75) is 12.6 Å². The first-order valence-electron chi connectivity index (χ1n) is 10.8. The average Bonchev–Trinajstić information content (AvgIpc) is 3.41. The first kappa shape index (κ1) is 23.2. The van der Waals surface area contributed by atoms with Gasteiger partial charge in [0.25, 0.3) is 5.91 Å². The number of hydrogen-bond acceptors (Lipinski definition) is 5. The van der Waals surface area contributed by atoms with Crippen molar-refractivity contribution in [3.05, 3.63) is 113 Å². The van der Waals surface area contributed by atoms with Crippen molar-refractivity contribution in [1.29, 1.82) is 0 Å². The molecule has 1 aromatic heterocycles. The van der Waals surface area contributed by atoms with Crippen molar-refractivity contribution in [2.24, 2.45) is 0 Å². The van der Waals surface area contributed by atoms with Gasteiger partial charge in [-0.1, -0.05) is 48.5 Å². The number of rotatable bonds is 10. The van der Waals surface area contributed by atoms with E-state index in [4.69, 9.17) is 9.47 Å². The Hall–Kier alpha value is -3.94. The minimum atomic E-state index is -0.864. The van der Waals surface area contributed by atoms with Crippen molar-refractivity contribution < 1.29 is 19.1 Å². The van der Waals surface area contributed by atoms with E-state index in [1.54, 1.807) is 35.7 Å². The molecule has 2 amide bonds. The number of para-hydroxylation sites is 1.